The van der Waals surface area contributed by atoms with E-state index < -0.39 is 84.6 Å². The Hall–Kier alpha value is -2.96. The largest absolute Gasteiger partial charge is 0.481 e. The monoisotopic (exact) mass is 861 g/mol. The van der Waals surface area contributed by atoms with Crippen LogP contribution in [-0.2, 0) is 50.7 Å². The highest BCUT2D eigenvalue weighted by Gasteiger charge is 2.50. The smallest absolute Gasteiger partial charge is 0.386 e. The topological polar surface area (TPSA) is 364 Å². The average Bonchev–Trinajstić information content (AvgIpc) is 3.64. The van der Waals surface area contributed by atoms with Gasteiger partial charge in [-0.3, -0.25) is 32.5 Å². The zero-order valence-corrected chi connectivity index (χ0v) is 32.9. The zero-order chi connectivity index (χ0) is 41.2. The van der Waals surface area contributed by atoms with Crippen LogP contribution in [0.1, 0.15) is 33.4 Å². The third-order valence-electron chi connectivity index (χ3n) is 7.28. The van der Waals surface area contributed by atoms with Crippen molar-refractivity contribution in [2.45, 2.75) is 57.8 Å². The molecule has 0 aromatic carbocycles. The van der Waals surface area contributed by atoms with Gasteiger partial charge in [-0.1, -0.05) is 43.8 Å². The molecule has 1 aliphatic rings. The third kappa shape index (κ3) is 14.5. The molecule has 0 saturated carbocycles. The Balaban J connectivity index is 1.50. The predicted molar refractivity (Wildman–Crippen MR) is 191 cm³/mol. The number of anilines is 1. The highest BCUT2D eigenvalue weighted by Crippen LogP contribution is 2.61. The summed E-state index contributed by atoms with van der Waals surface area (Å²) in [6.07, 6.45) is -0.509. The van der Waals surface area contributed by atoms with Crippen molar-refractivity contribution in [3.8, 4) is 0 Å². The summed E-state index contributed by atoms with van der Waals surface area (Å²) in [6.45, 7) is 2.25. The lowest BCUT2D eigenvalue weighted by Crippen LogP contribution is -2.46. The van der Waals surface area contributed by atoms with Gasteiger partial charge in [-0.2, -0.15) is 4.31 Å². The lowest BCUT2D eigenvalue weighted by molar-refractivity contribution is -0.137. The lowest BCUT2D eigenvalue weighted by Gasteiger charge is -2.30. The van der Waals surface area contributed by atoms with Crippen molar-refractivity contribution in [1.29, 1.82) is 0 Å². The number of rotatable bonds is 21. The Labute approximate surface area is 317 Å². The van der Waals surface area contributed by atoms with Crippen molar-refractivity contribution >= 4 is 69.1 Å². The SMILES string of the molecule is C/C=C/C=C/C(=O)SCCNC(=O)CCNC(=O)[C@H](O)C(C)(C)COP(=O)(O)OP(=O)(O)OC[C@H]1O[C@@H](n2cnc3c(N)ncnc32)[C@H](O)[C@@H]1OP(=O)(O)O. The molecule has 2 unspecified atom stereocenters. The highest BCUT2D eigenvalue weighted by molar-refractivity contribution is 8.14. The Morgan fingerprint density at radius 3 is 2.44 bits per heavy atom. The summed E-state index contributed by atoms with van der Waals surface area (Å²) in [5.74, 6) is -1.16. The van der Waals surface area contributed by atoms with E-state index in [0.29, 0.717) is 5.75 Å². The van der Waals surface area contributed by atoms with Gasteiger partial charge in [0.2, 0.25) is 16.9 Å². The lowest BCUT2D eigenvalue weighted by atomic mass is 9.87. The fraction of sp³-hybridized carbons (Fsp3) is 0.556. The molecular formula is C27H42N7O17P3S. The second kappa shape index (κ2) is 19.9. The number of aromatic nitrogens is 4. The van der Waals surface area contributed by atoms with Crippen LogP contribution >= 0.6 is 35.2 Å². The molecular weight excluding hydrogens is 819 g/mol. The second-order valence-corrected chi connectivity index (χ2v) is 17.5. The van der Waals surface area contributed by atoms with Crippen molar-refractivity contribution in [3.05, 3.63) is 37.0 Å². The van der Waals surface area contributed by atoms with Gasteiger partial charge in [0.25, 0.3) is 0 Å². The number of nitrogen functional groups attached to an aromatic ring is 1. The number of ether oxygens (including phenoxy) is 1. The first-order valence-corrected chi connectivity index (χ1v) is 21.4. The summed E-state index contributed by atoms with van der Waals surface area (Å²) in [4.78, 5) is 87.1. The summed E-state index contributed by atoms with van der Waals surface area (Å²) >= 11 is 1.000. The van der Waals surface area contributed by atoms with E-state index in [1.165, 1.54) is 19.9 Å². The van der Waals surface area contributed by atoms with Gasteiger partial charge in [-0.15, -0.1) is 0 Å². The molecule has 2 aromatic heterocycles. The minimum atomic E-state index is -5.57. The number of aliphatic hydroxyl groups excluding tert-OH is 2. The third-order valence-corrected chi connectivity index (χ3v) is 11.2. The molecule has 0 aliphatic carbocycles. The number of allylic oxidation sites excluding steroid dienone is 3. The average molecular weight is 862 g/mol. The number of nitrogens with two attached hydrogens (primary N) is 1. The molecule has 2 amide bonds. The highest BCUT2D eigenvalue weighted by atomic mass is 32.2. The van der Waals surface area contributed by atoms with E-state index in [1.54, 1.807) is 25.2 Å². The molecule has 308 valence electrons. The van der Waals surface area contributed by atoms with Crippen LogP contribution in [0, 0.1) is 5.41 Å². The maximum absolute atomic E-state index is 12.7. The van der Waals surface area contributed by atoms with E-state index in [1.807, 2.05) is 0 Å². The molecule has 1 aliphatic heterocycles. The van der Waals surface area contributed by atoms with Gasteiger partial charge < -0.3 is 50.9 Å². The number of aliphatic hydroxyl groups is 2. The fourth-order valence-electron chi connectivity index (χ4n) is 4.58. The van der Waals surface area contributed by atoms with Crippen LogP contribution in [0.3, 0.4) is 0 Å². The number of hydrogen-bond donors (Lipinski definition) is 9. The predicted octanol–water partition coefficient (Wildman–Crippen LogP) is -0.203. The summed E-state index contributed by atoms with van der Waals surface area (Å²) < 4.78 is 62.0. The Morgan fingerprint density at radius 2 is 1.76 bits per heavy atom. The van der Waals surface area contributed by atoms with E-state index in [9.17, 15) is 57.9 Å². The molecule has 28 heteroatoms. The second-order valence-electron chi connectivity index (χ2n) is 12.1. The molecule has 24 nitrogen and oxygen atoms in total. The molecule has 3 heterocycles. The van der Waals surface area contributed by atoms with Crippen LogP contribution < -0.4 is 16.4 Å². The molecule has 10 N–H and O–H groups in total. The maximum atomic E-state index is 12.7. The minimum absolute atomic E-state index is 0.0292. The van der Waals surface area contributed by atoms with Crippen molar-refractivity contribution in [3.63, 3.8) is 0 Å². The number of carbonyl (C=O) groups excluding carboxylic acids is 3. The number of nitrogens with one attached hydrogen (secondary N) is 2. The number of nitrogens with zero attached hydrogens (tertiary/aromatic N) is 4. The number of amides is 2. The van der Waals surface area contributed by atoms with Gasteiger partial charge in [-0.25, -0.2) is 28.6 Å². The molecule has 3 rings (SSSR count). The van der Waals surface area contributed by atoms with Gasteiger partial charge in [0.15, 0.2) is 17.7 Å². The van der Waals surface area contributed by atoms with E-state index in [4.69, 9.17) is 19.5 Å². The van der Waals surface area contributed by atoms with Crippen LogP contribution in [0.25, 0.3) is 11.2 Å². The molecule has 1 saturated heterocycles. The number of carbonyl (C=O) groups is 3. The van der Waals surface area contributed by atoms with E-state index in [2.05, 4.69) is 34.4 Å². The number of phosphoric ester groups is 3. The molecule has 55 heavy (non-hydrogen) atoms. The summed E-state index contributed by atoms with van der Waals surface area (Å²) in [5.41, 5.74) is 4.25. The number of fused-ring (bicyclic) bond motifs is 1. The Bertz CT molecular complexity index is 1870. The zero-order valence-electron chi connectivity index (χ0n) is 29.4. The van der Waals surface area contributed by atoms with Crippen LogP contribution in [-0.4, -0.2) is 123 Å². The summed E-state index contributed by atoms with van der Waals surface area (Å²) in [6, 6.07) is 0. The first-order chi connectivity index (χ1) is 25.6. The number of phosphoric acid groups is 3. The Morgan fingerprint density at radius 1 is 1.07 bits per heavy atom. The van der Waals surface area contributed by atoms with E-state index >= 15 is 0 Å². The van der Waals surface area contributed by atoms with Crippen LogP contribution in [0.2, 0.25) is 0 Å². The molecule has 2 aromatic rings. The van der Waals surface area contributed by atoms with E-state index in [0.717, 1.165) is 29.0 Å². The van der Waals surface area contributed by atoms with Gasteiger partial charge >= 0.3 is 23.5 Å². The maximum Gasteiger partial charge on any atom is 0.481 e. The fourth-order valence-corrected chi connectivity index (χ4v) is 7.98. The first-order valence-electron chi connectivity index (χ1n) is 15.9. The summed E-state index contributed by atoms with van der Waals surface area (Å²) in [5, 5.41) is 26.1. The molecule has 0 radical (unpaired) electrons. The van der Waals surface area contributed by atoms with Gasteiger partial charge in [-0.05, 0) is 13.0 Å². The van der Waals surface area contributed by atoms with Crippen molar-refractivity contribution in [2.75, 3.05) is 37.8 Å². The van der Waals surface area contributed by atoms with E-state index in [-0.39, 0.29) is 41.6 Å². The standard InChI is InChI=1S/C27H42N7O17P3S/c1-4-5-6-7-18(36)55-11-10-29-17(35)8-9-30-25(39)22(38)27(2,3)13-48-54(45,46)51-53(43,44)47-12-16-21(50-52(40,41)42)20(37)26(49-16)34-15-33-19-23(28)31-14-32-24(19)34/h4-7,14-16,20-22,26,37-38H,8-13H2,1-3H3,(H,29,35)(H,30,39)(H,43,44)(H,45,46)(H2,28,31,32)(H2,40,41,42)/b5-4+,7-6+/t16-,20-,21-,22+,26-/m1/s1. The van der Waals surface area contributed by atoms with Crippen molar-refractivity contribution < 1.29 is 80.5 Å². The number of thioether (sulfide) groups is 1. The number of imidazole rings is 1. The quantitative estimate of drug-likeness (QED) is 0.0339. The van der Waals surface area contributed by atoms with Gasteiger partial charge in [0, 0.05) is 30.7 Å². The molecule has 7 atom stereocenters. The minimum Gasteiger partial charge on any atom is -0.386 e. The van der Waals surface area contributed by atoms with Crippen LogP contribution in [0.15, 0.2) is 37.0 Å². The van der Waals surface area contributed by atoms with Crippen LogP contribution in [0.5, 0.6) is 0 Å². The van der Waals surface area contributed by atoms with Crippen LogP contribution in [0.4, 0.5) is 5.82 Å². The van der Waals surface area contributed by atoms with Gasteiger partial charge in [0.1, 0.15) is 36.3 Å². The van der Waals surface area contributed by atoms with Crippen molar-refractivity contribution in [2.24, 2.45) is 5.41 Å². The molecule has 0 bridgehead atoms. The summed E-state index contributed by atoms with van der Waals surface area (Å²) in [7, 11) is -16.4. The number of hydrogen-bond acceptors (Lipinski definition) is 18. The Kier molecular flexibility index (Phi) is 16.8. The molecule has 0 spiro atoms. The van der Waals surface area contributed by atoms with Gasteiger partial charge in [0.05, 0.1) is 19.5 Å². The first kappa shape index (κ1) is 46.4. The normalized spacial score (nSPS) is 22.1. The van der Waals surface area contributed by atoms with Crippen molar-refractivity contribution in [1.82, 2.24) is 30.2 Å². The molecule has 1 fully saturated rings.